The lowest BCUT2D eigenvalue weighted by Gasteiger charge is -2.20. The van der Waals surface area contributed by atoms with E-state index in [4.69, 9.17) is 4.52 Å². The predicted molar refractivity (Wildman–Crippen MR) is 100 cm³/mol. The number of hydrogen-bond donors (Lipinski definition) is 1. The number of carbonyl (C=O) groups is 2. The number of benzene rings is 1. The first-order valence-electron chi connectivity index (χ1n) is 8.60. The Morgan fingerprint density at radius 1 is 1.15 bits per heavy atom. The van der Waals surface area contributed by atoms with Crippen LogP contribution < -0.4 is 5.32 Å². The Morgan fingerprint density at radius 2 is 1.93 bits per heavy atom. The highest BCUT2D eigenvalue weighted by Gasteiger charge is 2.18. The number of anilines is 1. The standard InChI is InChI=1S/C20H20N4O3/c1-3-24(13-15-7-5-4-6-8-15)20(26)17-12-16(9-10-21-17)19(25)22-18-11-14(2)27-23-18/h4-12H,3,13H2,1-2H3,(H,22,23,25). The summed E-state index contributed by atoms with van der Waals surface area (Å²) in [4.78, 5) is 31.0. The molecule has 2 amide bonds. The number of rotatable bonds is 6. The first-order chi connectivity index (χ1) is 13.1. The zero-order valence-electron chi connectivity index (χ0n) is 15.2. The maximum atomic E-state index is 12.8. The Kier molecular flexibility index (Phi) is 5.61. The summed E-state index contributed by atoms with van der Waals surface area (Å²) in [5.41, 5.74) is 1.57. The monoisotopic (exact) mass is 364 g/mol. The van der Waals surface area contributed by atoms with Gasteiger partial charge in [-0.25, -0.2) is 0 Å². The second-order valence-corrected chi connectivity index (χ2v) is 6.01. The van der Waals surface area contributed by atoms with E-state index in [9.17, 15) is 9.59 Å². The molecule has 0 aliphatic heterocycles. The second-order valence-electron chi connectivity index (χ2n) is 6.01. The summed E-state index contributed by atoms with van der Waals surface area (Å²) >= 11 is 0. The highest BCUT2D eigenvalue weighted by molar-refractivity contribution is 6.05. The molecule has 2 aromatic heterocycles. The number of hydrogen-bond acceptors (Lipinski definition) is 5. The van der Waals surface area contributed by atoms with E-state index in [1.54, 1.807) is 24.0 Å². The summed E-state index contributed by atoms with van der Waals surface area (Å²) < 4.78 is 4.93. The Bertz CT molecular complexity index is 937. The van der Waals surface area contributed by atoms with Crippen LogP contribution in [-0.4, -0.2) is 33.4 Å². The van der Waals surface area contributed by atoms with Gasteiger partial charge in [-0.05, 0) is 31.5 Å². The Morgan fingerprint density at radius 3 is 2.59 bits per heavy atom. The molecule has 0 radical (unpaired) electrons. The van der Waals surface area contributed by atoms with Crippen molar-refractivity contribution in [3.63, 3.8) is 0 Å². The van der Waals surface area contributed by atoms with E-state index in [0.717, 1.165) is 5.56 Å². The van der Waals surface area contributed by atoms with Gasteiger partial charge in [0.2, 0.25) is 0 Å². The normalized spacial score (nSPS) is 10.4. The minimum absolute atomic E-state index is 0.219. The van der Waals surface area contributed by atoms with E-state index >= 15 is 0 Å². The van der Waals surface area contributed by atoms with Gasteiger partial charge in [-0.1, -0.05) is 35.5 Å². The van der Waals surface area contributed by atoms with Gasteiger partial charge in [0.25, 0.3) is 11.8 Å². The number of nitrogens with one attached hydrogen (secondary N) is 1. The zero-order valence-corrected chi connectivity index (χ0v) is 15.2. The van der Waals surface area contributed by atoms with Crippen LogP contribution in [0.1, 0.15) is 39.1 Å². The Labute approximate surface area is 157 Å². The average Bonchev–Trinajstić information content (AvgIpc) is 3.11. The van der Waals surface area contributed by atoms with Crippen LogP contribution in [0.15, 0.2) is 59.3 Å². The van der Waals surface area contributed by atoms with Gasteiger partial charge in [-0.3, -0.25) is 14.6 Å². The van der Waals surface area contributed by atoms with Crippen LogP contribution in [0.3, 0.4) is 0 Å². The fourth-order valence-electron chi connectivity index (χ4n) is 2.60. The molecule has 0 atom stereocenters. The number of aromatic nitrogens is 2. The van der Waals surface area contributed by atoms with Crippen LogP contribution in [-0.2, 0) is 6.54 Å². The van der Waals surface area contributed by atoms with Gasteiger partial charge in [0.15, 0.2) is 5.82 Å². The fraction of sp³-hybridized carbons (Fsp3) is 0.200. The van der Waals surface area contributed by atoms with Gasteiger partial charge in [0.05, 0.1) is 0 Å². The highest BCUT2D eigenvalue weighted by atomic mass is 16.5. The van der Waals surface area contributed by atoms with Crippen molar-refractivity contribution in [3.8, 4) is 0 Å². The summed E-state index contributed by atoms with van der Waals surface area (Å²) in [6.07, 6.45) is 1.45. The van der Waals surface area contributed by atoms with Crippen molar-refractivity contribution in [1.82, 2.24) is 15.0 Å². The van der Waals surface area contributed by atoms with E-state index in [0.29, 0.717) is 30.2 Å². The molecule has 0 spiro atoms. The topological polar surface area (TPSA) is 88.3 Å². The summed E-state index contributed by atoms with van der Waals surface area (Å²) in [7, 11) is 0. The number of amides is 2. The van der Waals surface area contributed by atoms with Gasteiger partial charge >= 0.3 is 0 Å². The van der Waals surface area contributed by atoms with Crippen molar-refractivity contribution >= 4 is 17.6 Å². The average molecular weight is 364 g/mol. The molecular formula is C20H20N4O3. The molecule has 1 aromatic carbocycles. The first kappa shape index (κ1) is 18.3. The molecule has 0 aliphatic rings. The van der Waals surface area contributed by atoms with Crippen LogP contribution >= 0.6 is 0 Å². The fourth-order valence-corrected chi connectivity index (χ4v) is 2.60. The SMILES string of the molecule is CCN(Cc1ccccc1)C(=O)c1cc(C(=O)Nc2cc(C)on2)ccn1. The second kappa shape index (κ2) is 8.27. The van der Waals surface area contributed by atoms with Crippen molar-refractivity contribution < 1.29 is 14.1 Å². The zero-order chi connectivity index (χ0) is 19.2. The molecule has 1 N–H and O–H groups in total. The minimum Gasteiger partial charge on any atom is -0.360 e. The van der Waals surface area contributed by atoms with Crippen molar-refractivity contribution in [2.45, 2.75) is 20.4 Å². The first-order valence-corrected chi connectivity index (χ1v) is 8.60. The van der Waals surface area contributed by atoms with Crippen LogP contribution in [0, 0.1) is 6.92 Å². The van der Waals surface area contributed by atoms with Crippen LogP contribution in [0.5, 0.6) is 0 Å². The molecule has 2 heterocycles. The van der Waals surface area contributed by atoms with Crippen LogP contribution in [0.25, 0.3) is 0 Å². The van der Waals surface area contributed by atoms with Gasteiger partial charge in [0, 0.05) is 30.9 Å². The minimum atomic E-state index is -0.383. The van der Waals surface area contributed by atoms with E-state index < -0.39 is 0 Å². The van der Waals surface area contributed by atoms with Crippen molar-refractivity contribution in [2.24, 2.45) is 0 Å². The summed E-state index contributed by atoms with van der Waals surface area (Å²) in [6.45, 7) is 4.65. The molecule has 0 saturated carbocycles. The lowest BCUT2D eigenvalue weighted by Crippen LogP contribution is -2.31. The molecule has 0 bridgehead atoms. The molecule has 3 rings (SSSR count). The number of carbonyl (C=O) groups excluding carboxylic acids is 2. The lowest BCUT2D eigenvalue weighted by molar-refractivity contribution is 0.0746. The summed E-state index contributed by atoms with van der Waals surface area (Å²) in [5, 5.41) is 6.36. The van der Waals surface area contributed by atoms with Gasteiger partial charge in [-0.15, -0.1) is 0 Å². The predicted octanol–water partition coefficient (Wildman–Crippen LogP) is 3.29. The smallest absolute Gasteiger partial charge is 0.272 e. The maximum Gasteiger partial charge on any atom is 0.272 e. The van der Waals surface area contributed by atoms with E-state index in [1.807, 2.05) is 37.3 Å². The Hall–Kier alpha value is -3.48. The van der Waals surface area contributed by atoms with Gasteiger partial charge < -0.3 is 14.7 Å². The molecule has 0 saturated heterocycles. The summed E-state index contributed by atoms with van der Waals surface area (Å²) in [5.74, 6) is 0.302. The molecule has 138 valence electrons. The van der Waals surface area contributed by atoms with Crippen molar-refractivity contribution in [1.29, 1.82) is 0 Å². The molecule has 7 heteroatoms. The van der Waals surface area contributed by atoms with E-state index in [-0.39, 0.29) is 17.5 Å². The number of pyridine rings is 1. The van der Waals surface area contributed by atoms with E-state index in [2.05, 4.69) is 15.5 Å². The van der Waals surface area contributed by atoms with Crippen molar-refractivity contribution in [3.05, 3.63) is 77.3 Å². The third kappa shape index (κ3) is 4.58. The number of nitrogens with zero attached hydrogens (tertiary/aromatic N) is 3. The quantitative estimate of drug-likeness (QED) is 0.725. The molecule has 27 heavy (non-hydrogen) atoms. The third-order valence-corrected chi connectivity index (χ3v) is 4.00. The molecule has 0 aliphatic carbocycles. The lowest BCUT2D eigenvalue weighted by atomic mass is 10.1. The largest absolute Gasteiger partial charge is 0.360 e. The van der Waals surface area contributed by atoms with Crippen LogP contribution in [0.2, 0.25) is 0 Å². The third-order valence-electron chi connectivity index (χ3n) is 4.00. The van der Waals surface area contributed by atoms with Gasteiger partial charge in [-0.2, -0.15) is 0 Å². The molecular weight excluding hydrogens is 344 g/mol. The van der Waals surface area contributed by atoms with Crippen molar-refractivity contribution in [2.75, 3.05) is 11.9 Å². The molecule has 3 aromatic rings. The molecule has 0 unspecified atom stereocenters. The number of aryl methyl sites for hydroxylation is 1. The Balaban J connectivity index is 1.75. The molecule has 0 fully saturated rings. The highest BCUT2D eigenvalue weighted by Crippen LogP contribution is 2.12. The maximum absolute atomic E-state index is 12.8. The molecule has 7 nitrogen and oxygen atoms in total. The van der Waals surface area contributed by atoms with Gasteiger partial charge in [0.1, 0.15) is 11.5 Å². The van der Waals surface area contributed by atoms with E-state index in [1.165, 1.54) is 12.3 Å². The summed E-state index contributed by atoms with van der Waals surface area (Å²) in [6, 6.07) is 14.4. The van der Waals surface area contributed by atoms with Crippen LogP contribution in [0.4, 0.5) is 5.82 Å².